The van der Waals surface area contributed by atoms with Crippen LogP contribution in [0.3, 0.4) is 0 Å². The van der Waals surface area contributed by atoms with Crippen molar-refractivity contribution in [2.45, 2.75) is 11.4 Å². The van der Waals surface area contributed by atoms with E-state index in [1.54, 1.807) is 6.07 Å². The van der Waals surface area contributed by atoms with E-state index in [1.165, 1.54) is 30.6 Å². The lowest BCUT2D eigenvalue weighted by Crippen LogP contribution is -2.23. The Bertz CT molecular complexity index is 713. The van der Waals surface area contributed by atoms with Crippen LogP contribution in [-0.4, -0.2) is 15.5 Å². The largest absolute Gasteiger partial charge is 0.496 e. The van der Waals surface area contributed by atoms with Crippen LogP contribution in [0.2, 0.25) is 0 Å². The summed E-state index contributed by atoms with van der Waals surface area (Å²) in [5.41, 5.74) is 0. The Morgan fingerprint density at radius 1 is 1.25 bits per heavy atom. The molecular weight excluding hydrogens is 430 g/mol. The predicted molar refractivity (Wildman–Crippen MR) is 86.7 cm³/mol. The molecule has 4 nitrogen and oxygen atoms in total. The van der Waals surface area contributed by atoms with Crippen molar-refractivity contribution in [3.63, 3.8) is 0 Å². The summed E-state index contributed by atoms with van der Waals surface area (Å²) in [5, 5.41) is 1.90. The van der Waals surface area contributed by atoms with Crippen molar-refractivity contribution in [3.05, 3.63) is 43.5 Å². The van der Waals surface area contributed by atoms with Gasteiger partial charge in [0.25, 0.3) is 0 Å². The zero-order valence-corrected chi connectivity index (χ0v) is 15.2. The second-order valence-electron chi connectivity index (χ2n) is 3.81. The third kappa shape index (κ3) is 3.62. The standard InChI is InChI=1S/C12H11Br2NO3S2/c1-18-11-3-2-8(6-10(11)14)20(16,17)15-7-12-9(13)4-5-19-12/h2-6,15H,7H2,1H3. The maximum absolute atomic E-state index is 12.2. The molecule has 1 N–H and O–H groups in total. The summed E-state index contributed by atoms with van der Waals surface area (Å²) in [6, 6.07) is 6.53. The van der Waals surface area contributed by atoms with Crippen molar-refractivity contribution in [3.8, 4) is 5.75 Å². The van der Waals surface area contributed by atoms with E-state index in [4.69, 9.17) is 4.74 Å². The number of hydrogen-bond acceptors (Lipinski definition) is 4. The van der Waals surface area contributed by atoms with Gasteiger partial charge in [0.2, 0.25) is 10.0 Å². The highest BCUT2D eigenvalue weighted by Crippen LogP contribution is 2.28. The van der Waals surface area contributed by atoms with Crippen molar-refractivity contribution in [2.24, 2.45) is 0 Å². The van der Waals surface area contributed by atoms with E-state index in [1.807, 2.05) is 11.4 Å². The Balaban J connectivity index is 2.18. The minimum Gasteiger partial charge on any atom is -0.496 e. The maximum Gasteiger partial charge on any atom is 0.240 e. The second-order valence-corrected chi connectivity index (χ2v) is 8.29. The molecule has 8 heteroatoms. The van der Waals surface area contributed by atoms with Crippen molar-refractivity contribution in [1.29, 1.82) is 0 Å². The number of sulfonamides is 1. The van der Waals surface area contributed by atoms with Crippen LogP contribution in [0.1, 0.15) is 4.88 Å². The van der Waals surface area contributed by atoms with Gasteiger partial charge in [-0.15, -0.1) is 11.3 Å². The molecule has 2 rings (SSSR count). The van der Waals surface area contributed by atoms with Gasteiger partial charge in [-0.2, -0.15) is 0 Å². The average molecular weight is 441 g/mol. The predicted octanol–water partition coefficient (Wildman–Crippen LogP) is 3.76. The van der Waals surface area contributed by atoms with E-state index in [9.17, 15) is 8.42 Å². The molecule has 108 valence electrons. The number of thiophene rings is 1. The fourth-order valence-corrected chi connectivity index (χ4v) is 4.75. The summed E-state index contributed by atoms with van der Waals surface area (Å²) < 4.78 is 33.6. The number of ether oxygens (including phenoxy) is 1. The van der Waals surface area contributed by atoms with Crippen LogP contribution in [0, 0.1) is 0 Å². The van der Waals surface area contributed by atoms with Crippen molar-refractivity contribution < 1.29 is 13.2 Å². The van der Waals surface area contributed by atoms with E-state index < -0.39 is 10.0 Å². The molecule has 0 aliphatic heterocycles. The molecule has 1 aromatic heterocycles. The highest BCUT2D eigenvalue weighted by molar-refractivity contribution is 9.10. The van der Waals surface area contributed by atoms with Crippen LogP contribution in [0.5, 0.6) is 5.75 Å². The Morgan fingerprint density at radius 3 is 2.55 bits per heavy atom. The normalized spacial score (nSPS) is 11.6. The van der Waals surface area contributed by atoms with Crippen LogP contribution in [0.15, 0.2) is 43.5 Å². The topological polar surface area (TPSA) is 55.4 Å². The Labute approximate surface area is 138 Å². The summed E-state index contributed by atoms with van der Waals surface area (Å²) in [6.07, 6.45) is 0. The summed E-state index contributed by atoms with van der Waals surface area (Å²) in [4.78, 5) is 1.12. The lowest BCUT2D eigenvalue weighted by molar-refractivity contribution is 0.411. The average Bonchev–Trinajstić information content (AvgIpc) is 2.82. The SMILES string of the molecule is COc1ccc(S(=O)(=O)NCc2sccc2Br)cc1Br. The molecule has 0 atom stereocenters. The zero-order chi connectivity index (χ0) is 14.8. The van der Waals surface area contributed by atoms with Crippen LogP contribution in [0.4, 0.5) is 0 Å². The Kier molecular flexibility index (Phi) is 5.25. The molecule has 20 heavy (non-hydrogen) atoms. The minimum absolute atomic E-state index is 0.192. The van der Waals surface area contributed by atoms with Gasteiger partial charge >= 0.3 is 0 Å². The molecule has 1 heterocycles. The first-order valence-corrected chi connectivity index (χ1v) is 9.44. The van der Waals surface area contributed by atoms with Crippen molar-refractivity contribution >= 4 is 53.2 Å². The summed E-state index contributed by atoms with van der Waals surface area (Å²) >= 11 is 8.14. The molecule has 0 bridgehead atoms. The van der Waals surface area contributed by atoms with Crippen LogP contribution in [-0.2, 0) is 16.6 Å². The van der Waals surface area contributed by atoms with E-state index in [0.29, 0.717) is 10.2 Å². The number of halogens is 2. The Morgan fingerprint density at radius 2 is 2.00 bits per heavy atom. The summed E-state index contributed by atoms with van der Waals surface area (Å²) in [7, 11) is -2.02. The zero-order valence-electron chi connectivity index (χ0n) is 10.4. The van der Waals surface area contributed by atoms with Gasteiger partial charge in [0.05, 0.1) is 16.5 Å². The number of hydrogen-bond donors (Lipinski definition) is 1. The van der Waals surface area contributed by atoms with E-state index in [-0.39, 0.29) is 11.4 Å². The van der Waals surface area contributed by atoms with Gasteiger partial charge in [-0.3, -0.25) is 0 Å². The molecule has 0 saturated heterocycles. The molecule has 0 saturated carbocycles. The van der Waals surface area contributed by atoms with Crippen LogP contribution >= 0.6 is 43.2 Å². The molecule has 0 spiro atoms. The third-order valence-corrected chi connectivity index (χ3v) is 6.49. The minimum atomic E-state index is -3.55. The lowest BCUT2D eigenvalue weighted by atomic mass is 10.3. The number of benzene rings is 1. The Hall–Kier alpha value is -0.410. The highest BCUT2D eigenvalue weighted by Gasteiger charge is 2.16. The fourth-order valence-electron chi connectivity index (χ4n) is 1.51. The molecule has 0 aliphatic rings. The first kappa shape index (κ1) is 16.0. The molecule has 0 fully saturated rings. The van der Waals surface area contributed by atoms with Crippen molar-refractivity contribution in [1.82, 2.24) is 4.72 Å². The van der Waals surface area contributed by atoms with E-state index in [2.05, 4.69) is 36.6 Å². The quantitative estimate of drug-likeness (QED) is 0.769. The first-order valence-electron chi connectivity index (χ1n) is 5.49. The highest BCUT2D eigenvalue weighted by atomic mass is 79.9. The van der Waals surface area contributed by atoms with Crippen molar-refractivity contribution in [2.75, 3.05) is 7.11 Å². The van der Waals surface area contributed by atoms with Gasteiger partial charge in [-0.25, -0.2) is 13.1 Å². The van der Waals surface area contributed by atoms with Gasteiger partial charge in [0.15, 0.2) is 0 Å². The van der Waals surface area contributed by atoms with E-state index >= 15 is 0 Å². The summed E-state index contributed by atoms with van der Waals surface area (Å²) in [5.74, 6) is 0.588. The summed E-state index contributed by atoms with van der Waals surface area (Å²) in [6.45, 7) is 0.254. The van der Waals surface area contributed by atoms with Gasteiger partial charge < -0.3 is 4.74 Å². The van der Waals surface area contributed by atoms with Gasteiger partial charge in [0.1, 0.15) is 5.75 Å². The monoisotopic (exact) mass is 439 g/mol. The number of nitrogens with one attached hydrogen (secondary N) is 1. The van der Waals surface area contributed by atoms with Gasteiger partial charge in [-0.1, -0.05) is 0 Å². The second kappa shape index (κ2) is 6.57. The van der Waals surface area contributed by atoms with Crippen LogP contribution < -0.4 is 9.46 Å². The molecule has 0 aliphatic carbocycles. The van der Waals surface area contributed by atoms with E-state index in [0.717, 1.165) is 9.35 Å². The molecular formula is C12H11Br2NO3S2. The molecule has 0 unspecified atom stereocenters. The third-order valence-electron chi connectivity index (χ3n) is 2.55. The molecule has 0 radical (unpaired) electrons. The van der Waals surface area contributed by atoms with Crippen LogP contribution in [0.25, 0.3) is 0 Å². The molecule has 1 aromatic carbocycles. The lowest BCUT2D eigenvalue weighted by Gasteiger charge is -2.08. The smallest absolute Gasteiger partial charge is 0.240 e. The number of rotatable bonds is 5. The first-order chi connectivity index (χ1) is 9.44. The van der Waals surface area contributed by atoms with Gasteiger partial charge in [0, 0.05) is 15.9 Å². The fraction of sp³-hybridized carbons (Fsp3) is 0.167. The molecule has 2 aromatic rings. The number of methoxy groups -OCH3 is 1. The maximum atomic E-state index is 12.2. The van der Waals surface area contributed by atoms with Gasteiger partial charge in [-0.05, 0) is 61.5 Å². The molecule has 0 amide bonds.